The van der Waals surface area contributed by atoms with Gasteiger partial charge in [0.1, 0.15) is 6.61 Å². The standard InChI is InChI=1S/C14H17N3O3/c18-13-15-8-12-9-16(6-7-17(12)13)14(19)20-10-11-4-2-1-3-5-11/h1-5,12H,6-10H2,(H,15,18)/t12-/m1/s1. The Bertz CT molecular complexity index is 506. The van der Waals surface area contributed by atoms with E-state index in [1.807, 2.05) is 30.3 Å². The van der Waals surface area contributed by atoms with Crippen molar-refractivity contribution in [3.63, 3.8) is 0 Å². The minimum atomic E-state index is -0.312. The number of rotatable bonds is 2. The molecule has 0 unspecified atom stereocenters. The number of benzene rings is 1. The van der Waals surface area contributed by atoms with Crippen LogP contribution in [-0.4, -0.2) is 54.1 Å². The molecule has 1 aromatic carbocycles. The van der Waals surface area contributed by atoms with Gasteiger partial charge in [-0.1, -0.05) is 30.3 Å². The lowest BCUT2D eigenvalue weighted by molar-refractivity contribution is 0.0682. The van der Waals surface area contributed by atoms with Crippen LogP contribution in [0.3, 0.4) is 0 Å². The topological polar surface area (TPSA) is 61.9 Å². The summed E-state index contributed by atoms with van der Waals surface area (Å²) in [6.45, 7) is 2.50. The summed E-state index contributed by atoms with van der Waals surface area (Å²) in [6, 6.07) is 9.63. The lowest BCUT2D eigenvalue weighted by atomic mass is 10.2. The molecule has 6 nitrogen and oxygen atoms in total. The highest BCUT2D eigenvalue weighted by Gasteiger charge is 2.37. The molecule has 20 heavy (non-hydrogen) atoms. The maximum absolute atomic E-state index is 12.0. The molecule has 2 aliphatic heterocycles. The van der Waals surface area contributed by atoms with Crippen LogP contribution in [0, 0.1) is 0 Å². The van der Waals surface area contributed by atoms with E-state index in [0.29, 0.717) is 26.2 Å². The van der Waals surface area contributed by atoms with E-state index in [1.165, 1.54) is 0 Å². The minimum absolute atomic E-state index is 0.0349. The third-order valence-electron chi connectivity index (χ3n) is 3.70. The Kier molecular flexibility index (Phi) is 3.45. The molecular formula is C14H17N3O3. The van der Waals surface area contributed by atoms with Crippen molar-refractivity contribution in [2.24, 2.45) is 0 Å². The van der Waals surface area contributed by atoms with Gasteiger partial charge in [0.2, 0.25) is 0 Å². The molecule has 2 aliphatic rings. The number of ether oxygens (including phenoxy) is 1. The van der Waals surface area contributed by atoms with Crippen LogP contribution >= 0.6 is 0 Å². The third-order valence-corrected chi connectivity index (χ3v) is 3.70. The highest BCUT2D eigenvalue weighted by atomic mass is 16.6. The molecule has 0 aromatic heterocycles. The van der Waals surface area contributed by atoms with Gasteiger partial charge < -0.3 is 19.9 Å². The average molecular weight is 275 g/mol. The number of nitrogens with one attached hydrogen (secondary N) is 1. The zero-order valence-electron chi connectivity index (χ0n) is 11.1. The molecule has 3 amide bonds. The van der Waals surface area contributed by atoms with Crippen LogP contribution in [0.5, 0.6) is 0 Å². The number of urea groups is 1. The summed E-state index contributed by atoms with van der Waals surface area (Å²) in [7, 11) is 0. The van der Waals surface area contributed by atoms with Gasteiger partial charge in [0.25, 0.3) is 0 Å². The highest BCUT2D eigenvalue weighted by molar-refractivity contribution is 5.77. The van der Waals surface area contributed by atoms with Gasteiger partial charge in [0.15, 0.2) is 0 Å². The molecule has 2 fully saturated rings. The molecule has 0 spiro atoms. The van der Waals surface area contributed by atoms with Gasteiger partial charge in [-0.25, -0.2) is 9.59 Å². The van der Waals surface area contributed by atoms with E-state index in [2.05, 4.69) is 5.32 Å². The minimum Gasteiger partial charge on any atom is -0.445 e. The monoisotopic (exact) mass is 275 g/mol. The normalized spacial score (nSPS) is 21.4. The molecule has 2 saturated heterocycles. The maximum atomic E-state index is 12.0. The second kappa shape index (κ2) is 5.40. The number of carbonyl (C=O) groups is 2. The largest absolute Gasteiger partial charge is 0.445 e. The number of amides is 3. The summed E-state index contributed by atoms with van der Waals surface area (Å²) in [4.78, 5) is 26.9. The zero-order chi connectivity index (χ0) is 13.9. The van der Waals surface area contributed by atoms with Crippen LogP contribution in [0.15, 0.2) is 30.3 Å². The Morgan fingerprint density at radius 3 is 2.90 bits per heavy atom. The van der Waals surface area contributed by atoms with E-state index in [1.54, 1.807) is 9.80 Å². The summed E-state index contributed by atoms with van der Waals surface area (Å²) in [5, 5.41) is 2.79. The number of hydrogen-bond acceptors (Lipinski definition) is 3. The Hall–Kier alpha value is -2.24. The molecule has 0 saturated carbocycles. The Morgan fingerprint density at radius 1 is 1.30 bits per heavy atom. The van der Waals surface area contributed by atoms with E-state index >= 15 is 0 Å². The number of fused-ring (bicyclic) bond motifs is 1. The second-order valence-electron chi connectivity index (χ2n) is 5.02. The van der Waals surface area contributed by atoms with E-state index in [0.717, 1.165) is 5.56 Å². The lowest BCUT2D eigenvalue weighted by Gasteiger charge is -2.35. The Morgan fingerprint density at radius 2 is 2.10 bits per heavy atom. The van der Waals surface area contributed by atoms with Gasteiger partial charge in [-0.3, -0.25) is 0 Å². The summed E-state index contributed by atoms with van der Waals surface area (Å²) in [6.07, 6.45) is -0.312. The number of carbonyl (C=O) groups excluding carboxylic acids is 2. The van der Waals surface area contributed by atoms with Gasteiger partial charge in [0, 0.05) is 26.2 Å². The van der Waals surface area contributed by atoms with E-state index in [9.17, 15) is 9.59 Å². The number of piperazine rings is 1. The summed E-state index contributed by atoms with van der Waals surface area (Å²) < 4.78 is 5.31. The van der Waals surface area contributed by atoms with Crippen molar-refractivity contribution in [2.75, 3.05) is 26.2 Å². The molecular weight excluding hydrogens is 258 g/mol. The van der Waals surface area contributed by atoms with Crippen molar-refractivity contribution in [3.05, 3.63) is 35.9 Å². The summed E-state index contributed by atoms with van der Waals surface area (Å²) >= 11 is 0. The third kappa shape index (κ3) is 2.54. The first-order valence-corrected chi connectivity index (χ1v) is 6.74. The molecule has 2 heterocycles. The predicted octanol–water partition coefficient (Wildman–Crippen LogP) is 1.03. The Labute approximate surface area is 117 Å². The first kappa shape index (κ1) is 12.8. The van der Waals surface area contributed by atoms with Gasteiger partial charge in [0.05, 0.1) is 6.04 Å². The predicted molar refractivity (Wildman–Crippen MR) is 72.1 cm³/mol. The molecule has 6 heteroatoms. The van der Waals surface area contributed by atoms with Crippen molar-refractivity contribution in [2.45, 2.75) is 12.6 Å². The van der Waals surface area contributed by atoms with Crippen molar-refractivity contribution in [1.29, 1.82) is 0 Å². The van der Waals surface area contributed by atoms with Crippen molar-refractivity contribution >= 4 is 12.1 Å². The van der Waals surface area contributed by atoms with Crippen LogP contribution < -0.4 is 5.32 Å². The lowest BCUT2D eigenvalue weighted by Crippen LogP contribution is -2.53. The van der Waals surface area contributed by atoms with Gasteiger partial charge >= 0.3 is 12.1 Å². The van der Waals surface area contributed by atoms with Crippen molar-refractivity contribution in [3.8, 4) is 0 Å². The van der Waals surface area contributed by atoms with Crippen LogP contribution in [-0.2, 0) is 11.3 Å². The first-order valence-electron chi connectivity index (χ1n) is 6.74. The highest BCUT2D eigenvalue weighted by Crippen LogP contribution is 2.15. The molecule has 1 atom stereocenters. The van der Waals surface area contributed by atoms with Crippen molar-refractivity contribution in [1.82, 2.24) is 15.1 Å². The SMILES string of the molecule is O=C(OCc1ccccc1)N1CCN2C(=O)NC[C@@H]2C1. The summed E-state index contributed by atoms with van der Waals surface area (Å²) in [5.74, 6) is 0. The fourth-order valence-corrected chi connectivity index (χ4v) is 2.58. The van der Waals surface area contributed by atoms with E-state index in [-0.39, 0.29) is 24.8 Å². The van der Waals surface area contributed by atoms with Crippen LogP contribution in [0.25, 0.3) is 0 Å². The van der Waals surface area contributed by atoms with Crippen LogP contribution in [0.2, 0.25) is 0 Å². The molecule has 1 N–H and O–H groups in total. The Balaban J connectivity index is 1.52. The smallest absolute Gasteiger partial charge is 0.410 e. The molecule has 1 aromatic rings. The summed E-state index contributed by atoms with van der Waals surface area (Å²) in [5.41, 5.74) is 0.970. The van der Waals surface area contributed by atoms with E-state index in [4.69, 9.17) is 4.74 Å². The van der Waals surface area contributed by atoms with Gasteiger partial charge in [-0.2, -0.15) is 0 Å². The molecule has 3 rings (SSSR count). The zero-order valence-corrected chi connectivity index (χ0v) is 11.1. The number of nitrogens with zero attached hydrogens (tertiary/aromatic N) is 2. The van der Waals surface area contributed by atoms with Gasteiger partial charge in [-0.05, 0) is 5.56 Å². The van der Waals surface area contributed by atoms with Crippen LogP contribution in [0.4, 0.5) is 9.59 Å². The molecule has 0 bridgehead atoms. The molecule has 0 radical (unpaired) electrons. The van der Waals surface area contributed by atoms with Gasteiger partial charge in [-0.15, -0.1) is 0 Å². The second-order valence-corrected chi connectivity index (χ2v) is 5.02. The molecule has 0 aliphatic carbocycles. The van der Waals surface area contributed by atoms with Crippen LogP contribution in [0.1, 0.15) is 5.56 Å². The average Bonchev–Trinajstić information content (AvgIpc) is 2.87. The molecule has 106 valence electrons. The fraction of sp³-hybridized carbons (Fsp3) is 0.429. The van der Waals surface area contributed by atoms with Crippen molar-refractivity contribution < 1.29 is 14.3 Å². The quantitative estimate of drug-likeness (QED) is 0.877. The fourth-order valence-electron chi connectivity index (χ4n) is 2.58. The first-order chi connectivity index (χ1) is 9.74. The maximum Gasteiger partial charge on any atom is 0.410 e. The number of hydrogen-bond donors (Lipinski definition) is 1. The van der Waals surface area contributed by atoms with E-state index < -0.39 is 0 Å².